The first-order chi connectivity index (χ1) is 9.43. The van der Waals surface area contributed by atoms with Crippen LogP contribution in [0.5, 0.6) is 0 Å². The van der Waals surface area contributed by atoms with Gasteiger partial charge in [-0.05, 0) is 44.1 Å². The molecule has 0 aromatic carbocycles. The van der Waals surface area contributed by atoms with E-state index in [1.807, 2.05) is 34.0 Å². The van der Waals surface area contributed by atoms with Crippen LogP contribution in [0, 0.1) is 5.92 Å². The molecule has 1 aliphatic rings. The van der Waals surface area contributed by atoms with Crippen LogP contribution in [0.25, 0.3) is 0 Å². The van der Waals surface area contributed by atoms with Crippen LogP contribution in [0.15, 0.2) is 12.3 Å². The number of hydrogen-bond acceptors (Lipinski definition) is 2. The molecule has 1 rings (SSSR count). The van der Waals surface area contributed by atoms with Gasteiger partial charge in [0.05, 0.1) is 12.9 Å². The van der Waals surface area contributed by atoms with Gasteiger partial charge in [0.25, 0.3) is 0 Å². The minimum atomic E-state index is 0.302. The average molecular weight is 272 g/mol. The number of allylic oxidation sites excluding steroid dienone is 1. The van der Waals surface area contributed by atoms with Gasteiger partial charge in [-0.25, -0.2) is 0 Å². The second-order valence-corrected chi connectivity index (χ2v) is 4.43. The first-order valence-corrected chi connectivity index (χ1v) is 8.31. The summed E-state index contributed by atoms with van der Waals surface area (Å²) in [5.74, 6) is 0.792. The summed E-state index contributed by atoms with van der Waals surface area (Å²) in [6.07, 6.45) is 13.7. The molecule has 1 saturated carbocycles. The Kier molecular flexibility index (Phi) is 21.7. The Bertz CT molecular complexity index is 161. The standard InChI is InChI=1S/C13H24O2.2C2H6/c14-10-6-1-2-7-11-15-12-13-8-4-3-5-9-13;2*1-2/h7,11,13-14H,1-6,8-10,12H2;2*1-2H3/b11-7+;;. The summed E-state index contributed by atoms with van der Waals surface area (Å²) in [5.41, 5.74) is 0. The van der Waals surface area contributed by atoms with Crippen LogP contribution in [0.1, 0.15) is 79.1 Å². The van der Waals surface area contributed by atoms with E-state index in [2.05, 4.69) is 6.08 Å². The van der Waals surface area contributed by atoms with Gasteiger partial charge in [-0.3, -0.25) is 0 Å². The van der Waals surface area contributed by atoms with E-state index in [1.165, 1.54) is 32.1 Å². The van der Waals surface area contributed by atoms with Gasteiger partial charge in [-0.1, -0.05) is 47.0 Å². The minimum absolute atomic E-state index is 0.302. The third kappa shape index (κ3) is 15.4. The van der Waals surface area contributed by atoms with Crippen molar-refractivity contribution in [3.8, 4) is 0 Å². The van der Waals surface area contributed by atoms with Crippen molar-refractivity contribution in [2.75, 3.05) is 13.2 Å². The first kappa shape index (κ1) is 20.8. The second kappa shape index (κ2) is 19.8. The van der Waals surface area contributed by atoms with Crippen LogP contribution in [0.2, 0.25) is 0 Å². The maximum absolute atomic E-state index is 8.58. The molecule has 2 nitrogen and oxygen atoms in total. The third-order valence-corrected chi connectivity index (χ3v) is 3.03. The maximum atomic E-state index is 8.58. The van der Waals surface area contributed by atoms with Gasteiger partial charge < -0.3 is 9.84 Å². The molecular weight excluding hydrogens is 236 g/mol. The van der Waals surface area contributed by atoms with Crippen molar-refractivity contribution in [1.29, 1.82) is 0 Å². The second-order valence-electron chi connectivity index (χ2n) is 4.43. The van der Waals surface area contributed by atoms with E-state index in [0.717, 1.165) is 31.8 Å². The molecule has 116 valence electrons. The summed E-state index contributed by atoms with van der Waals surface area (Å²) in [7, 11) is 0. The third-order valence-electron chi connectivity index (χ3n) is 3.03. The van der Waals surface area contributed by atoms with Crippen LogP contribution in [-0.2, 0) is 4.74 Å². The summed E-state index contributed by atoms with van der Waals surface area (Å²) >= 11 is 0. The molecule has 0 aromatic heterocycles. The molecule has 0 aliphatic heterocycles. The van der Waals surface area contributed by atoms with E-state index >= 15 is 0 Å². The monoisotopic (exact) mass is 272 g/mol. The van der Waals surface area contributed by atoms with E-state index in [1.54, 1.807) is 0 Å². The predicted molar refractivity (Wildman–Crippen MR) is 85.3 cm³/mol. The topological polar surface area (TPSA) is 29.5 Å². The molecule has 0 spiro atoms. The number of hydrogen-bond donors (Lipinski definition) is 1. The van der Waals surface area contributed by atoms with E-state index in [4.69, 9.17) is 9.84 Å². The van der Waals surface area contributed by atoms with Crippen molar-refractivity contribution in [2.24, 2.45) is 5.92 Å². The van der Waals surface area contributed by atoms with Gasteiger partial charge in [0.1, 0.15) is 0 Å². The molecule has 19 heavy (non-hydrogen) atoms. The van der Waals surface area contributed by atoms with Gasteiger partial charge in [-0.2, -0.15) is 0 Å². The van der Waals surface area contributed by atoms with Crippen molar-refractivity contribution in [2.45, 2.75) is 79.1 Å². The van der Waals surface area contributed by atoms with Gasteiger partial charge in [0, 0.05) is 6.61 Å². The van der Waals surface area contributed by atoms with E-state index < -0.39 is 0 Å². The molecule has 0 atom stereocenters. The molecular formula is C17H36O2. The predicted octanol–water partition coefficient (Wildman–Crippen LogP) is 5.31. The summed E-state index contributed by atoms with van der Waals surface area (Å²) in [6, 6.07) is 0. The lowest BCUT2D eigenvalue weighted by Gasteiger charge is -2.20. The number of aliphatic hydroxyl groups excluding tert-OH is 1. The van der Waals surface area contributed by atoms with Crippen LogP contribution in [0.3, 0.4) is 0 Å². The Hall–Kier alpha value is -0.500. The lowest BCUT2D eigenvalue weighted by atomic mass is 9.90. The van der Waals surface area contributed by atoms with Crippen LogP contribution >= 0.6 is 0 Å². The highest BCUT2D eigenvalue weighted by atomic mass is 16.5. The number of aliphatic hydroxyl groups is 1. The highest BCUT2D eigenvalue weighted by Crippen LogP contribution is 2.23. The van der Waals surface area contributed by atoms with Crippen molar-refractivity contribution in [1.82, 2.24) is 0 Å². The number of rotatable bonds is 7. The van der Waals surface area contributed by atoms with Crippen molar-refractivity contribution >= 4 is 0 Å². The molecule has 1 N–H and O–H groups in total. The fraction of sp³-hybridized carbons (Fsp3) is 0.882. The SMILES string of the molecule is CC.CC.OCCCC/C=C/OCC1CCCCC1. The normalized spacial score (nSPS) is 15.2. The molecule has 1 aliphatic carbocycles. The van der Waals surface area contributed by atoms with Crippen LogP contribution in [-0.4, -0.2) is 18.3 Å². The van der Waals surface area contributed by atoms with E-state index in [-0.39, 0.29) is 0 Å². The summed E-state index contributed by atoms with van der Waals surface area (Å²) < 4.78 is 5.51. The fourth-order valence-electron chi connectivity index (χ4n) is 2.06. The van der Waals surface area contributed by atoms with Crippen molar-refractivity contribution < 1.29 is 9.84 Å². The Morgan fingerprint density at radius 2 is 1.63 bits per heavy atom. The smallest absolute Gasteiger partial charge is 0.0901 e. The molecule has 0 aromatic rings. The fourth-order valence-corrected chi connectivity index (χ4v) is 2.06. The molecule has 0 saturated heterocycles. The summed E-state index contributed by atoms with van der Waals surface area (Å²) in [4.78, 5) is 0. The first-order valence-electron chi connectivity index (χ1n) is 8.31. The highest BCUT2D eigenvalue weighted by Gasteiger charge is 2.12. The Morgan fingerprint density at radius 1 is 1.00 bits per heavy atom. The minimum Gasteiger partial charge on any atom is -0.501 e. The van der Waals surface area contributed by atoms with Crippen molar-refractivity contribution in [3.63, 3.8) is 0 Å². The van der Waals surface area contributed by atoms with E-state index in [0.29, 0.717) is 6.61 Å². The van der Waals surface area contributed by atoms with Gasteiger partial charge in [-0.15, -0.1) is 0 Å². The Morgan fingerprint density at radius 3 is 2.21 bits per heavy atom. The Balaban J connectivity index is 0. The largest absolute Gasteiger partial charge is 0.501 e. The zero-order valence-electron chi connectivity index (χ0n) is 13.7. The van der Waals surface area contributed by atoms with Gasteiger partial charge in [0.15, 0.2) is 0 Å². The number of ether oxygens (including phenoxy) is 1. The summed E-state index contributed by atoms with van der Waals surface area (Å²) in [6.45, 7) is 9.20. The molecule has 0 unspecified atom stereocenters. The highest BCUT2D eigenvalue weighted by molar-refractivity contribution is 4.74. The maximum Gasteiger partial charge on any atom is 0.0901 e. The molecule has 0 heterocycles. The quantitative estimate of drug-likeness (QED) is 0.502. The molecule has 2 heteroatoms. The lowest BCUT2D eigenvalue weighted by Crippen LogP contribution is -2.11. The lowest BCUT2D eigenvalue weighted by molar-refractivity contribution is 0.165. The molecule has 1 fully saturated rings. The molecule has 0 bridgehead atoms. The molecule has 0 amide bonds. The molecule has 0 radical (unpaired) electrons. The van der Waals surface area contributed by atoms with E-state index in [9.17, 15) is 0 Å². The van der Waals surface area contributed by atoms with Crippen LogP contribution in [0.4, 0.5) is 0 Å². The Labute approximate surface area is 121 Å². The summed E-state index contributed by atoms with van der Waals surface area (Å²) in [5, 5.41) is 8.58. The van der Waals surface area contributed by atoms with Gasteiger partial charge >= 0.3 is 0 Å². The zero-order chi connectivity index (χ0) is 14.8. The number of unbranched alkanes of at least 4 members (excludes halogenated alkanes) is 2. The zero-order valence-corrected chi connectivity index (χ0v) is 13.7. The van der Waals surface area contributed by atoms with Crippen LogP contribution < -0.4 is 0 Å². The van der Waals surface area contributed by atoms with Gasteiger partial charge in [0.2, 0.25) is 0 Å². The average Bonchev–Trinajstić information content (AvgIpc) is 2.51. The van der Waals surface area contributed by atoms with Crippen molar-refractivity contribution in [3.05, 3.63) is 12.3 Å².